The zero-order valence-electron chi connectivity index (χ0n) is 19.9. The lowest BCUT2D eigenvalue weighted by Gasteiger charge is -2.42. The summed E-state index contributed by atoms with van der Waals surface area (Å²) in [4.78, 5) is 43.3. The van der Waals surface area contributed by atoms with Crippen molar-refractivity contribution in [3.05, 3.63) is 66.0 Å². The van der Waals surface area contributed by atoms with Crippen molar-refractivity contribution in [1.29, 1.82) is 0 Å². The van der Waals surface area contributed by atoms with Crippen molar-refractivity contribution in [3.63, 3.8) is 0 Å². The van der Waals surface area contributed by atoms with Crippen LogP contribution in [-0.4, -0.2) is 81.7 Å². The number of rotatable bonds is 4. The number of benzene rings is 1. The monoisotopic (exact) mass is 507 g/mol. The summed E-state index contributed by atoms with van der Waals surface area (Å²) in [5.41, 5.74) is 0.783. The van der Waals surface area contributed by atoms with Crippen LogP contribution >= 0.6 is 0 Å². The van der Waals surface area contributed by atoms with Crippen molar-refractivity contribution in [2.24, 2.45) is 0 Å². The zero-order valence-corrected chi connectivity index (χ0v) is 19.9. The van der Waals surface area contributed by atoms with Crippen molar-refractivity contribution in [3.8, 4) is 0 Å². The first kappa shape index (κ1) is 27.1. The smallest absolute Gasteiger partial charge is 0.475 e. The number of carboxylic acid groups (broad SMARTS) is 1. The normalized spacial score (nSPS) is 21.9. The van der Waals surface area contributed by atoms with Crippen molar-refractivity contribution >= 4 is 17.8 Å². The molecule has 0 radical (unpaired) electrons. The van der Waals surface area contributed by atoms with E-state index in [-0.39, 0.29) is 36.7 Å². The highest BCUT2D eigenvalue weighted by atomic mass is 19.4. The highest BCUT2D eigenvalue weighted by Gasteiger charge is 2.58. The van der Waals surface area contributed by atoms with Gasteiger partial charge in [-0.3, -0.25) is 14.6 Å². The van der Waals surface area contributed by atoms with Gasteiger partial charge in [-0.1, -0.05) is 36.4 Å². The molecular weight excluding hydrogens is 479 g/mol. The van der Waals surface area contributed by atoms with Gasteiger partial charge in [-0.15, -0.1) is 0 Å². The molecule has 2 amide bonds. The van der Waals surface area contributed by atoms with E-state index in [4.69, 9.17) is 14.6 Å². The Kier molecular flexibility index (Phi) is 8.34. The van der Waals surface area contributed by atoms with E-state index < -0.39 is 17.7 Å². The lowest BCUT2D eigenvalue weighted by Crippen LogP contribution is -2.60. The number of ether oxygens (including phenoxy) is 1. The highest BCUT2D eigenvalue weighted by molar-refractivity contribution is 5.91. The topological polar surface area (TPSA) is 100 Å². The molecule has 0 bridgehead atoms. The molecule has 1 aromatic heterocycles. The molecule has 0 saturated carbocycles. The summed E-state index contributed by atoms with van der Waals surface area (Å²) < 4.78 is 38.0. The van der Waals surface area contributed by atoms with E-state index in [1.165, 1.54) is 0 Å². The van der Waals surface area contributed by atoms with Crippen LogP contribution in [-0.2, 0) is 25.5 Å². The van der Waals surface area contributed by atoms with Crippen molar-refractivity contribution < 1.29 is 37.4 Å². The van der Waals surface area contributed by atoms with Crippen LogP contribution < -0.4 is 0 Å². The number of carboxylic acids is 1. The summed E-state index contributed by atoms with van der Waals surface area (Å²) in [6.45, 7) is 5.76. The van der Waals surface area contributed by atoms with Crippen LogP contribution in [0.15, 0.2) is 54.7 Å². The average molecular weight is 508 g/mol. The quantitative estimate of drug-likeness (QED) is 0.683. The van der Waals surface area contributed by atoms with E-state index in [1.807, 2.05) is 67.3 Å². The molecule has 36 heavy (non-hydrogen) atoms. The van der Waals surface area contributed by atoms with Crippen LogP contribution in [0.3, 0.4) is 0 Å². The van der Waals surface area contributed by atoms with Gasteiger partial charge in [0.05, 0.1) is 19.6 Å². The second kappa shape index (κ2) is 11.1. The maximum Gasteiger partial charge on any atom is 0.490 e. The number of carbonyl (C=O) groups is 3. The minimum Gasteiger partial charge on any atom is -0.475 e. The Labute approximate surface area is 206 Å². The number of aliphatic carboxylic acids is 1. The maximum absolute atomic E-state index is 13.5. The van der Waals surface area contributed by atoms with Gasteiger partial charge in [0.25, 0.3) is 5.91 Å². The van der Waals surface area contributed by atoms with Gasteiger partial charge in [-0.2, -0.15) is 13.2 Å². The van der Waals surface area contributed by atoms with Crippen LogP contribution in [0.25, 0.3) is 0 Å². The molecule has 2 aliphatic heterocycles. The first-order chi connectivity index (χ1) is 17.0. The maximum atomic E-state index is 13.5. The SMILES string of the molecule is CC(C)N1CC(c2ccccc2)C2(CN(C(=O)Cc3ccccn3)CCO2)C1=O.O=C(O)C(F)(F)F. The van der Waals surface area contributed by atoms with Crippen LogP contribution in [0.1, 0.15) is 31.0 Å². The second-order valence-corrected chi connectivity index (χ2v) is 8.87. The molecule has 2 aliphatic rings. The van der Waals surface area contributed by atoms with Crippen molar-refractivity contribution in [2.75, 3.05) is 26.2 Å². The summed E-state index contributed by atoms with van der Waals surface area (Å²) >= 11 is 0. The van der Waals surface area contributed by atoms with Gasteiger partial charge in [0.15, 0.2) is 5.60 Å². The summed E-state index contributed by atoms with van der Waals surface area (Å²) in [5.74, 6) is -2.90. The number of hydrogen-bond acceptors (Lipinski definition) is 5. The number of carbonyl (C=O) groups excluding carboxylic acids is 2. The number of hydrogen-bond donors (Lipinski definition) is 1. The number of aromatic nitrogens is 1. The van der Waals surface area contributed by atoms with E-state index >= 15 is 0 Å². The number of amides is 2. The van der Waals surface area contributed by atoms with Crippen molar-refractivity contribution in [2.45, 2.75) is 44.0 Å². The third-order valence-electron chi connectivity index (χ3n) is 6.19. The number of nitrogens with zero attached hydrogens (tertiary/aromatic N) is 3. The Morgan fingerprint density at radius 2 is 1.81 bits per heavy atom. The fourth-order valence-corrected chi connectivity index (χ4v) is 4.39. The molecule has 1 spiro atoms. The minimum atomic E-state index is -5.08. The van der Waals surface area contributed by atoms with Gasteiger partial charge in [0, 0.05) is 36.9 Å². The molecule has 2 atom stereocenters. The number of morpholine rings is 1. The Bertz CT molecular complexity index is 1070. The van der Waals surface area contributed by atoms with Gasteiger partial charge in [-0.05, 0) is 31.5 Å². The van der Waals surface area contributed by atoms with E-state index in [2.05, 4.69) is 4.98 Å². The van der Waals surface area contributed by atoms with Crippen molar-refractivity contribution in [1.82, 2.24) is 14.8 Å². The van der Waals surface area contributed by atoms with E-state index in [0.29, 0.717) is 19.7 Å². The third-order valence-corrected chi connectivity index (χ3v) is 6.19. The summed E-state index contributed by atoms with van der Waals surface area (Å²) in [6.07, 6.45) is -3.16. The van der Waals surface area contributed by atoms with Gasteiger partial charge in [0.1, 0.15) is 0 Å². The molecule has 2 aromatic rings. The molecule has 1 N–H and O–H groups in total. The zero-order chi connectivity index (χ0) is 26.5. The predicted molar refractivity (Wildman–Crippen MR) is 123 cm³/mol. The lowest BCUT2D eigenvalue weighted by atomic mass is 9.83. The van der Waals surface area contributed by atoms with Gasteiger partial charge < -0.3 is 19.6 Å². The van der Waals surface area contributed by atoms with E-state index in [0.717, 1.165) is 11.3 Å². The average Bonchev–Trinajstić information content (AvgIpc) is 3.11. The number of halogens is 3. The summed E-state index contributed by atoms with van der Waals surface area (Å²) in [6, 6.07) is 15.7. The predicted octanol–water partition coefficient (Wildman–Crippen LogP) is 2.89. The van der Waals surface area contributed by atoms with Crippen LogP contribution in [0.4, 0.5) is 13.2 Å². The third kappa shape index (κ3) is 6.01. The first-order valence-corrected chi connectivity index (χ1v) is 11.4. The Morgan fingerprint density at radius 3 is 2.36 bits per heavy atom. The lowest BCUT2D eigenvalue weighted by molar-refractivity contribution is -0.192. The molecule has 4 rings (SSSR count). The van der Waals surface area contributed by atoms with Gasteiger partial charge in [0.2, 0.25) is 5.91 Å². The number of likely N-dealkylation sites (tertiary alicyclic amines) is 1. The summed E-state index contributed by atoms with van der Waals surface area (Å²) in [7, 11) is 0. The Morgan fingerprint density at radius 1 is 1.17 bits per heavy atom. The van der Waals surface area contributed by atoms with Crippen LogP contribution in [0, 0.1) is 0 Å². The highest BCUT2D eigenvalue weighted by Crippen LogP contribution is 2.42. The number of alkyl halides is 3. The largest absolute Gasteiger partial charge is 0.490 e. The molecular formula is C25H28F3N3O5. The molecule has 2 fully saturated rings. The van der Waals surface area contributed by atoms with Gasteiger partial charge in [-0.25, -0.2) is 4.79 Å². The first-order valence-electron chi connectivity index (χ1n) is 11.4. The standard InChI is InChI=1S/C23H27N3O3.C2HF3O2/c1-17(2)26-15-20(18-8-4-3-5-9-18)23(22(26)28)16-25(12-13-29-23)21(27)14-19-10-6-7-11-24-19;3-2(4,5)1(6)7/h3-11,17,20H,12-16H2,1-2H3;(H,6,7). The molecule has 8 nitrogen and oxygen atoms in total. The van der Waals surface area contributed by atoms with E-state index in [9.17, 15) is 22.8 Å². The molecule has 0 aliphatic carbocycles. The Hall–Kier alpha value is -3.47. The van der Waals surface area contributed by atoms with Gasteiger partial charge >= 0.3 is 12.1 Å². The molecule has 194 valence electrons. The molecule has 3 heterocycles. The minimum absolute atomic E-state index is 0.0170. The number of pyridine rings is 1. The fraction of sp³-hybridized carbons (Fsp3) is 0.440. The molecule has 11 heteroatoms. The van der Waals surface area contributed by atoms with Crippen LogP contribution in [0.5, 0.6) is 0 Å². The Balaban J connectivity index is 0.000000454. The molecule has 2 unspecified atom stereocenters. The van der Waals surface area contributed by atoms with E-state index in [1.54, 1.807) is 11.1 Å². The second-order valence-electron chi connectivity index (χ2n) is 8.87. The fourth-order valence-electron chi connectivity index (χ4n) is 4.39. The molecule has 1 aromatic carbocycles. The molecule has 2 saturated heterocycles. The van der Waals surface area contributed by atoms with Crippen LogP contribution in [0.2, 0.25) is 0 Å². The summed E-state index contributed by atoms with van der Waals surface area (Å²) in [5, 5.41) is 7.12.